The van der Waals surface area contributed by atoms with Crippen molar-refractivity contribution in [2.75, 3.05) is 0 Å². The lowest BCUT2D eigenvalue weighted by Crippen LogP contribution is -2.43. The summed E-state index contributed by atoms with van der Waals surface area (Å²) in [6, 6.07) is 2.55. The molecule has 1 fully saturated rings. The molecule has 1 aliphatic carbocycles. The number of hydrogen-bond acceptors (Lipinski definition) is 3. The van der Waals surface area contributed by atoms with Crippen LogP contribution in [0.15, 0.2) is 15.9 Å². The lowest BCUT2D eigenvalue weighted by atomic mass is 9.78. The summed E-state index contributed by atoms with van der Waals surface area (Å²) in [5, 5.41) is 2.13. The third kappa shape index (κ3) is 3.53. The van der Waals surface area contributed by atoms with Crippen LogP contribution in [0.2, 0.25) is 0 Å². The average molecular weight is 317 g/mol. The van der Waals surface area contributed by atoms with Gasteiger partial charge in [-0.2, -0.15) is 0 Å². The van der Waals surface area contributed by atoms with Crippen LogP contribution in [0.4, 0.5) is 0 Å². The summed E-state index contributed by atoms with van der Waals surface area (Å²) in [7, 11) is 0. The number of nitrogens with two attached hydrogens (primary N) is 1. The molecule has 1 unspecified atom stereocenters. The first-order valence-electron chi connectivity index (χ1n) is 6.38. The second-order valence-corrected chi connectivity index (χ2v) is 7.04. The molecule has 1 heterocycles. The Bertz CT molecular complexity index is 345. The molecule has 0 radical (unpaired) electrons. The monoisotopic (exact) mass is 316 g/mol. The Morgan fingerprint density at radius 1 is 1.47 bits per heavy atom. The van der Waals surface area contributed by atoms with Gasteiger partial charge in [0.1, 0.15) is 0 Å². The molecule has 1 aliphatic rings. The van der Waals surface area contributed by atoms with E-state index in [0.29, 0.717) is 6.04 Å². The number of hydrogen-bond donors (Lipinski definition) is 2. The van der Waals surface area contributed by atoms with Crippen molar-refractivity contribution < 1.29 is 0 Å². The summed E-state index contributed by atoms with van der Waals surface area (Å²) in [5.74, 6) is 7.39. The lowest BCUT2D eigenvalue weighted by Gasteiger charge is -2.32. The molecule has 1 aromatic heterocycles. The number of nitrogens with one attached hydrogen (secondary N) is 1. The lowest BCUT2D eigenvalue weighted by molar-refractivity contribution is 0.230. The van der Waals surface area contributed by atoms with E-state index in [1.54, 1.807) is 0 Å². The Morgan fingerprint density at radius 3 is 2.71 bits per heavy atom. The minimum absolute atomic E-state index is 0.428. The van der Waals surface area contributed by atoms with E-state index < -0.39 is 0 Å². The molecule has 0 bridgehead atoms. The van der Waals surface area contributed by atoms with E-state index >= 15 is 0 Å². The smallest absolute Gasteiger partial charge is 0.0314 e. The Morgan fingerprint density at radius 2 is 2.18 bits per heavy atom. The van der Waals surface area contributed by atoms with Crippen molar-refractivity contribution in [3.05, 3.63) is 20.8 Å². The van der Waals surface area contributed by atoms with Crippen molar-refractivity contribution in [1.82, 2.24) is 5.43 Å². The molecule has 0 spiro atoms. The van der Waals surface area contributed by atoms with Crippen LogP contribution in [0, 0.1) is 11.8 Å². The van der Waals surface area contributed by atoms with Gasteiger partial charge in [-0.15, -0.1) is 11.3 Å². The zero-order valence-electron chi connectivity index (χ0n) is 10.3. The molecule has 1 atom stereocenters. The fourth-order valence-electron chi connectivity index (χ4n) is 2.72. The van der Waals surface area contributed by atoms with Crippen LogP contribution in [0.3, 0.4) is 0 Å². The van der Waals surface area contributed by atoms with Gasteiger partial charge in [-0.3, -0.25) is 11.3 Å². The fraction of sp³-hybridized carbons (Fsp3) is 0.692. The third-order valence-corrected chi connectivity index (χ3v) is 5.89. The molecule has 0 aromatic carbocycles. The highest BCUT2D eigenvalue weighted by Gasteiger charge is 2.26. The molecule has 4 heteroatoms. The average Bonchev–Trinajstić information content (AvgIpc) is 2.73. The summed E-state index contributed by atoms with van der Waals surface area (Å²) >= 11 is 5.41. The molecular formula is C13H21BrN2S. The first kappa shape index (κ1) is 13.5. The van der Waals surface area contributed by atoms with Crippen molar-refractivity contribution in [3.63, 3.8) is 0 Å². The largest absolute Gasteiger partial charge is 0.271 e. The molecule has 0 amide bonds. The first-order chi connectivity index (χ1) is 8.20. The highest BCUT2D eigenvalue weighted by Crippen LogP contribution is 2.33. The first-order valence-corrected chi connectivity index (χ1v) is 8.06. The van der Waals surface area contributed by atoms with Crippen LogP contribution in [0.25, 0.3) is 0 Å². The highest BCUT2D eigenvalue weighted by molar-refractivity contribution is 9.10. The summed E-state index contributed by atoms with van der Waals surface area (Å²) in [5.41, 5.74) is 3.04. The SMILES string of the molecule is CC1CCC(C(Cc2sccc2Br)NN)CC1. The molecule has 0 saturated heterocycles. The molecule has 2 rings (SSSR count). The Hall–Kier alpha value is 0.1000. The van der Waals surface area contributed by atoms with Gasteiger partial charge in [0.2, 0.25) is 0 Å². The molecule has 17 heavy (non-hydrogen) atoms. The Kier molecular flexibility index (Phi) is 5.03. The van der Waals surface area contributed by atoms with E-state index in [1.165, 1.54) is 35.0 Å². The normalized spacial score (nSPS) is 27.0. The van der Waals surface area contributed by atoms with Gasteiger partial charge in [0.25, 0.3) is 0 Å². The van der Waals surface area contributed by atoms with Crippen LogP contribution < -0.4 is 11.3 Å². The molecular weight excluding hydrogens is 296 g/mol. The van der Waals surface area contributed by atoms with Gasteiger partial charge in [-0.25, -0.2) is 0 Å². The molecule has 2 nitrogen and oxygen atoms in total. The van der Waals surface area contributed by atoms with Crippen molar-refractivity contribution in [2.45, 2.75) is 45.1 Å². The van der Waals surface area contributed by atoms with Crippen molar-refractivity contribution in [3.8, 4) is 0 Å². The van der Waals surface area contributed by atoms with Crippen molar-refractivity contribution >= 4 is 27.3 Å². The number of rotatable bonds is 4. The summed E-state index contributed by atoms with van der Waals surface area (Å²) in [6.45, 7) is 2.36. The van der Waals surface area contributed by atoms with Gasteiger partial charge < -0.3 is 0 Å². The minimum atomic E-state index is 0.428. The highest BCUT2D eigenvalue weighted by atomic mass is 79.9. The van der Waals surface area contributed by atoms with Crippen LogP contribution in [-0.4, -0.2) is 6.04 Å². The fourth-order valence-corrected chi connectivity index (χ4v) is 4.29. The standard InChI is InChI=1S/C13H21BrN2S/c1-9-2-4-10(5-3-9)12(16-15)8-13-11(14)6-7-17-13/h6-7,9-10,12,16H,2-5,8,15H2,1H3. The minimum Gasteiger partial charge on any atom is -0.271 e. The molecule has 1 saturated carbocycles. The van der Waals surface area contributed by atoms with E-state index in [4.69, 9.17) is 5.84 Å². The maximum atomic E-state index is 5.74. The zero-order chi connectivity index (χ0) is 12.3. The quantitative estimate of drug-likeness (QED) is 0.656. The molecule has 3 N–H and O–H groups in total. The van der Waals surface area contributed by atoms with E-state index in [9.17, 15) is 0 Å². The summed E-state index contributed by atoms with van der Waals surface area (Å²) in [4.78, 5) is 1.41. The van der Waals surface area contributed by atoms with Crippen molar-refractivity contribution in [2.24, 2.45) is 17.7 Å². The maximum absolute atomic E-state index is 5.74. The maximum Gasteiger partial charge on any atom is 0.0314 e. The summed E-state index contributed by atoms with van der Waals surface area (Å²) in [6.07, 6.45) is 6.40. The second kappa shape index (κ2) is 6.32. The number of halogens is 1. The van der Waals surface area contributed by atoms with Crippen LogP contribution >= 0.6 is 27.3 Å². The van der Waals surface area contributed by atoms with Gasteiger partial charge in [0.15, 0.2) is 0 Å². The van der Waals surface area contributed by atoms with E-state index in [2.05, 4.69) is 39.7 Å². The second-order valence-electron chi connectivity index (χ2n) is 5.19. The van der Waals surface area contributed by atoms with Crippen molar-refractivity contribution in [1.29, 1.82) is 0 Å². The van der Waals surface area contributed by atoms with Gasteiger partial charge in [-0.1, -0.05) is 19.8 Å². The van der Waals surface area contributed by atoms with Gasteiger partial charge >= 0.3 is 0 Å². The predicted octanol–water partition coefficient (Wildman–Crippen LogP) is 3.71. The predicted molar refractivity (Wildman–Crippen MR) is 78.0 cm³/mol. The van der Waals surface area contributed by atoms with Gasteiger partial charge in [0, 0.05) is 15.4 Å². The molecule has 96 valence electrons. The van der Waals surface area contributed by atoms with Gasteiger partial charge in [0.05, 0.1) is 0 Å². The summed E-state index contributed by atoms with van der Waals surface area (Å²) < 4.78 is 1.23. The number of hydrazine groups is 1. The van der Waals surface area contributed by atoms with Crippen LogP contribution in [0.5, 0.6) is 0 Å². The van der Waals surface area contributed by atoms with E-state index in [-0.39, 0.29) is 0 Å². The third-order valence-electron chi connectivity index (χ3n) is 3.94. The number of thiophene rings is 1. The topological polar surface area (TPSA) is 38.0 Å². The molecule has 1 aromatic rings. The Labute approximate surface area is 116 Å². The zero-order valence-corrected chi connectivity index (χ0v) is 12.7. The van der Waals surface area contributed by atoms with E-state index in [1.807, 2.05) is 11.3 Å². The van der Waals surface area contributed by atoms with Gasteiger partial charge in [-0.05, 0) is 58.5 Å². The van der Waals surface area contributed by atoms with E-state index in [0.717, 1.165) is 18.3 Å². The van der Waals surface area contributed by atoms with Crippen LogP contribution in [0.1, 0.15) is 37.5 Å². The molecule has 0 aliphatic heterocycles. The van der Waals surface area contributed by atoms with Crippen LogP contribution in [-0.2, 0) is 6.42 Å². The Balaban J connectivity index is 1.95.